The molecule has 28 heavy (non-hydrogen) atoms. The largest absolute Gasteiger partial charge is 0.482 e. The Balaban J connectivity index is 1.87. The summed E-state index contributed by atoms with van der Waals surface area (Å²) in [6, 6.07) is 4.49. The number of carbonyl (C=O) groups is 2. The molecular formula is C19H27N3O5S. The van der Waals surface area contributed by atoms with Gasteiger partial charge in [-0.05, 0) is 43.4 Å². The number of nitrogens with one attached hydrogen (secondary N) is 1. The fourth-order valence-corrected chi connectivity index (χ4v) is 4.84. The van der Waals surface area contributed by atoms with E-state index < -0.39 is 10.0 Å². The van der Waals surface area contributed by atoms with Gasteiger partial charge in [0.05, 0.1) is 10.6 Å². The molecule has 1 fully saturated rings. The first-order valence-electron chi connectivity index (χ1n) is 9.67. The molecule has 0 bridgehead atoms. The zero-order valence-corrected chi connectivity index (χ0v) is 17.1. The summed E-state index contributed by atoms with van der Waals surface area (Å²) in [5, 5.41) is 2.73. The van der Waals surface area contributed by atoms with E-state index in [1.54, 1.807) is 6.07 Å². The Morgan fingerprint density at radius 2 is 2.00 bits per heavy atom. The van der Waals surface area contributed by atoms with Gasteiger partial charge in [-0.25, -0.2) is 8.42 Å². The first-order valence-corrected chi connectivity index (χ1v) is 11.1. The number of nitrogens with zero attached hydrogens (tertiary/aromatic N) is 2. The molecule has 9 heteroatoms. The minimum Gasteiger partial charge on any atom is -0.482 e. The molecule has 1 aromatic carbocycles. The molecule has 8 nitrogen and oxygen atoms in total. The molecule has 2 amide bonds. The molecule has 0 unspecified atom stereocenters. The van der Waals surface area contributed by atoms with Crippen LogP contribution in [0.25, 0.3) is 0 Å². The van der Waals surface area contributed by atoms with Gasteiger partial charge in [0.15, 0.2) is 6.61 Å². The maximum atomic E-state index is 13.0. The molecule has 3 rings (SSSR count). The van der Waals surface area contributed by atoms with Crippen LogP contribution < -0.4 is 15.0 Å². The van der Waals surface area contributed by atoms with E-state index in [9.17, 15) is 18.0 Å². The van der Waals surface area contributed by atoms with E-state index in [4.69, 9.17) is 4.74 Å². The normalized spacial score (nSPS) is 18.5. The molecule has 1 aromatic rings. The number of sulfonamides is 1. The number of hydrogen-bond acceptors (Lipinski definition) is 5. The Hall–Kier alpha value is -2.13. The molecular weight excluding hydrogens is 382 g/mol. The SMILES string of the molecule is CCCNC(=O)CN1C(=O)COc2ccc(S(=O)(=O)N3CCC(C)CC3)cc21. The summed E-state index contributed by atoms with van der Waals surface area (Å²) in [6.07, 6.45) is 2.45. The molecule has 0 atom stereocenters. The lowest BCUT2D eigenvalue weighted by atomic mass is 10.0. The zero-order chi connectivity index (χ0) is 20.3. The van der Waals surface area contributed by atoms with E-state index in [0.29, 0.717) is 37.0 Å². The number of piperidine rings is 1. The number of rotatable bonds is 6. The van der Waals surface area contributed by atoms with E-state index in [0.717, 1.165) is 19.3 Å². The van der Waals surface area contributed by atoms with Gasteiger partial charge in [0.25, 0.3) is 5.91 Å². The van der Waals surface area contributed by atoms with Crippen LogP contribution in [0.15, 0.2) is 23.1 Å². The number of hydrogen-bond donors (Lipinski definition) is 1. The summed E-state index contributed by atoms with van der Waals surface area (Å²) in [5.74, 6) is 0.244. The van der Waals surface area contributed by atoms with Crippen LogP contribution in [0.4, 0.5) is 5.69 Å². The van der Waals surface area contributed by atoms with Crippen molar-refractivity contribution in [1.29, 1.82) is 0 Å². The van der Waals surface area contributed by atoms with Crippen molar-refractivity contribution in [2.45, 2.75) is 38.0 Å². The van der Waals surface area contributed by atoms with Crippen LogP contribution >= 0.6 is 0 Å². The smallest absolute Gasteiger partial charge is 0.265 e. The third-order valence-corrected chi connectivity index (χ3v) is 7.02. The van der Waals surface area contributed by atoms with Gasteiger partial charge in [-0.2, -0.15) is 4.31 Å². The molecule has 2 heterocycles. The number of carbonyl (C=O) groups excluding carboxylic acids is 2. The Bertz CT molecular complexity index is 847. The highest BCUT2D eigenvalue weighted by Crippen LogP contribution is 2.35. The first kappa shape index (κ1) is 20.6. The second-order valence-corrected chi connectivity index (χ2v) is 9.27. The second-order valence-electron chi connectivity index (χ2n) is 7.33. The van der Waals surface area contributed by atoms with Crippen LogP contribution in [-0.2, 0) is 19.6 Å². The summed E-state index contributed by atoms with van der Waals surface area (Å²) >= 11 is 0. The van der Waals surface area contributed by atoms with Crippen LogP contribution in [0, 0.1) is 5.92 Å². The Labute approximate surface area is 165 Å². The van der Waals surface area contributed by atoms with Gasteiger partial charge in [-0.1, -0.05) is 13.8 Å². The summed E-state index contributed by atoms with van der Waals surface area (Å²) in [5.41, 5.74) is 0.314. The fourth-order valence-electron chi connectivity index (χ4n) is 3.35. The van der Waals surface area contributed by atoms with Crippen molar-refractivity contribution >= 4 is 27.5 Å². The van der Waals surface area contributed by atoms with E-state index in [1.807, 2.05) is 6.92 Å². The van der Waals surface area contributed by atoms with E-state index in [2.05, 4.69) is 12.2 Å². The molecule has 2 aliphatic heterocycles. The van der Waals surface area contributed by atoms with Crippen molar-refractivity contribution in [2.24, 2.45) is 5.92 Å². The van der Waals surface area contributed by atoms with Gasteiger partial charge in [-0.3, -0.25) is 14.5 Å². The summed E-state index contributed by atoms with van der Waals surface area (Å²) in [7, 11) is -3.66. The molecule has 0 aliphatic carbocycles. The van der Waals surface area contributed by atoms with E-state index >= 15 is 0 Å². The van der Waals surface area contributed by atoms with Gasteiger partial charge in [0.2, 0.25) is 15.9 Å². The van der Waals surface area contributed by atoms with Crippen LogP contribution in [0.5, 0.6) is 5.75 Å². The topological polar surface area (TPSA) is 96.0 Å². The minimum atomic E-state index is -3.66. The Kier molecular flexibility index (Phi) is 6.24. The summed E-state index contributed by atoms with van der Waals surface area (Å²) < 4.78 is 33.0. The third kappa shape index (κ3) is 4.30. The Morgan fingerprint density at radius 1 is 1.29 bits per heavy atom. The molecule has 0 saturated carbocycles. The summed E-state index contributed by atoms with van der Waals surface area (Å²) in [6.45, 7) is 5.20. The molecule has 0 aromatic heterocycles. The third-order valence-electron chi connectivity index (χ3n) is 5.13. The standard InChI is InChI=1S/C19H27N3O5S/c1-3-8-20-18(23)12-22-16-11-15(4-5-17(16)27-13-19(22)24)28(25,26)21-9-6-14(2)7-10-21/h4-5,11,14H,3,6-10,12-13H2,1-2H3,(H,20,23). The lowest BCUT2D eigenvalue weighted by Crippen LogP contribution is -2.45. The fraction of sp³-hybridized carbons (Fsp3) is 0.579. The minimum absolute atomic E-state index is 0.109. The van der Waals surface area contributed by atoms with Crippen molar-refractivity contribution in [3.05, 3.63) is 18.2 Å². The van der Waals surface area contributed by atoms with Crippen LogP contribution in [0.1, 0.15) is 33.1 Å². The van der Waals surface area contributed by atoms with Crippen LogP contribution in [0.3, 0.4) is 0 Å². The van der Waals surface area contributed by atoms with Crippen molar-refractivity contribution in [1.82, 2.24) is 9.62 Å². The highest BCUT2D eigenvalue weighted by atomic mass is 32.2. The number of anilines is 1. The predicted octanol–water partition coefficient (Wildman–Crippen LogP) is 1.36. The van der Waals surface area contributed by atoms with E-state index in [1.165, 1.54) is 21.3 Å². The highest BCUT2D eigenvalue weighted by molar-refractivity contribution is 7.89. The molecule has 1 saturated heterocycles. The van der Waals surface area contributed by atoms with Crippen molar-refractivity contribution in [2.75, 3.05) is 37.7 Å². The van der Waals surface area contributed by atoms with E-state index in [-0.39, 0.29) is 29.9 Å². The first-order chi connectivity index (χ1) is 13.3. The van der Waals surface area contributed by atoms with Crippen molar-refractivity contribution in [3.63, 3.8) is 0 Å². The van der Waals surface area contributed by atoms with Gasteiger partial charge < -0.3 is 10.1 Å². The quantitative estimate of drug-likeness (QED) is 0.765. The molecule has 0 radical (unpaired) electrons. The number of ether oxygens (including phenoxy) is 1. The average molecular weight is 410 g/mol. The molecule has 1 N–H and O–H groups in total. The second kappa shape index (κ2) is 8.48. The zero-order valence-electron chi connectivity index (χ0n) is 16.3. The lowest BCUT2D eigenvalue weighted by molar-refractivity contribution is -0.125. The van der Waals surface area contributed by atoms with Gasteiger partial charge in [-0.15, -0.1) is 0 Å². The van der Waals surface area contributed by atoms with Gasteiger partial charge >= 0.3 is 0 Å². The maximum absolute atomic E-state index is 13.0. The molecule has 2 aliphatic rings. The van der Waals surface area contributed by atoms with Crippen molar-refractivity contribution < 1.29 is 22.7 Å². The number of fused-ring (bicyclic) bond motifs is 1. The van der Waals surface area contributed by atoms with Gasteiger partial charge in [0.1, 0.15) is 12.3 Å². The predicted molar refractivity (Wildman–Crippen MR) is 105 cm³/mol. The maximum Gasteiger partial charge on any atom is 0.265 e. The average Bonchev–Trinajstić information content (AvgIpc) is 2.68. The Morgan fingerprint density at radius 3 is 2.68 bits per heavy atom. The molecule has 0 spiro atoms. The molecule has 154 valence electrons. The number of amides is 2. The van der Waals surface area contributed by atoms with Crippen LogP contribution in [0.2, 0.25) is 0 Å². The van der Waals surface area contributed by atoms with Gasteiger partial charge in [0, 0.05) is 19.6 Å². The number of benzene rings is 1. The van der Waals surface area contributed by atoms with Crippen LogP contribution in [-0.4, -0.2) is 57.3 Å². The monoisotopic (exact) mass is 409 g/mol. The lowest BCUT2D eigenvalue weighted by Gasteiger charge is -2.31. The van der Waals surface area contributed by atoms with Crippen molar-refractivity contribution in [3.8, 4) is 5.75 Å². The summed E-state index contributed by atoms with van der Waals surface area (Å²) in [4.78, 5) is 25.8. The highest BCUT2D eigenvalue weighted by Gasteiger charge is 2.32.